The molecule has 2 amide bonds. The Bertz CT molecular complexity index is 427. The molecule has 6 heteroatoms. The summed E-state index contributed by atoms with van der Waals surface area (Å²) in [5.41, 5.74) is -1.05. The summed E-state index contributed by atoms with van der Waals surface area (Å²) in [4.78, 5) is 24.2. The second-order valence-electron chi connectivity index (χ2n) is 6.18. The highest BCUT2D eigenvalue weighted by atomic mass is 16.6. The number of nitrogens with zero attached hydrogens (tertiary/aromatic N) is 1. The molecule has 0 aromatic carbocycles. The van der Waals surface area contributed by atoms with Crippen LogP contribution in [0.3, 0.4) is 0 Å². The minimum Gasteiger partial charge on any atom is -0.465 e. The predicted octanol–water partition coefficient (Wildman–Crippen LogP) is 1.82. The summed E-state index contributed by atoms with van der Waals surface area (Å²) >= 11 is 0. The molecule has 1 fully saturated rings. The number of amides is 2. The van der Waals surface area contributed by atoms with Crippen molar-refractivity contribution in [2.75, 3.05) is 13.1 Å². The van der Waals surface area contributed by atoms with Gasteiger partial charge in [-0.3, -0.25) is 0 Å². The second kappa shape index (κ2) is 4.43. The lowest BCUT2D eigenvalue weighted by atomic mass is 10.2. The standard InChI is InChI=1S/C13H20N2O4/c1-12(2,3)19-10(16)14-13-7-9(13)5-4-6-15(8-13)11(17)18/h4-5,9H,6-8H2,1-3H3,(H,14,16)(H,17,18)/t9-,13+/m0/s1. The molecule has 106 valence electrons. The molecule has 0 saturated heterocycles. The van der Waals surface area contributed by atoms with Crippen molar-refractivity contribution in [1.29, 1.82) is 0 Å². The van der Waals surface area contributed by atoms with E-state index < -0.39 is 23.3 Å². The van der Waals surface area contributed by atoms with E-state index in [-0.39, 0.29) is 5.92 Å². The molecule has 2 aliphatic rings. The molecule has 0 aromatic heterocycles. The first-order chi connectivity index (χ1) is 8.72. The van der Waals surface area contributed by atoms with E-state index in [2.05, 4.69) is 5.32 Å². The molecule has 0 aromatic rings. The van der Waals surface area contributed by atoms with Gasteiger partial charge in [0.2, 0.25) is 0 Å². The van der Waals surface area contributed by atoms with E-state index in [0.717, 1.165) is 6.42 Å². The Kier molecular flexibility index (Phi) is 3.20. The number of fused-ring (bicyclic) bond motifs is 1. The summed E-state index contributed by atoms with van der Waals surface area (Å²) in [7, 11) is 0. The van der Waals surface area contributed by atoms with Crippen LogP contribution in [0, 0.1) is 5.92 Å². The molecule has 2 rings (SSSR count). The van der Waals surface area contributed by atoms with Gasteiger partial charge < -0.3 is 20.1 Å². The Balaban J connectivity index is 2.01. The zero-order chi connectivity index (χ0) is 14.3. The van der Waals surface area contributed by atoms with Gasteiger partial charge >= 0.3 is 12.2 Å². The molecular formula is C13H20N2O4. The van der Waals surface area contributed by atoms with Crippen LogP contribution < -0.4 is 5.32 Å². The molecule has 19 heavy (non-hydrogen) atoms. The summed E-state index contributed by atoms with van der Waals surface area (Å²) in [6.07, 6.45) is 3.11. The van der Waals surface area contributed by atoms with Crippen LogP contribution in [0.4, 0.5) is 9.59 Å². The van der Waals surface area contributed by atoms with Crippen molar-refractivity contribution in [3.05, 3.63) is 12.2 Å². The van der Waals surface area contributed by atoms with Crippen molar-refractivity contribution in [3.63, 3.8) is 0 Å². The minimum absolute atomic E-state index is 0.198. The van der Waals surface area contributed by atoms with Gasteiger partial charge in [0.05, 0.1) is 5.54 Å². The summed E-state index contributed by atoms with van der Waals surface area (Å²) < 4.78 is 5.23. The maximum absolute atomic E-state index is 11.8. The molecule has 0 spiro atoms. The monoisotopic (exact) mass is 268 g/mol. The van der Waals surface area contributed by atoms with Crippen LogP contribution in [-0.4, -0.2) is 46.4 Å². The predicted molar refractivity (Wildman–Crippen MR) is 68.9 cm³/mol. The van der Waals surface area contributed by atoms with Crippen LogP contribution in [0.25, 0.3) is 0 Å². The Morgan fingerprint density at radius 1 is 1.47 bits per heavy atom. The lowest BCUT2D eigenvalue weighted by Crippen LogP contribution is -2.49. The van der Waals surface area contributed by atoms with E-state index in [4.69, 9.17) is 9.84 Å². The van der Waals surface area contributed by atoms with Gasteiger partial charge in [0, 0.05) is 19.0 Å². The highest BCUT2D eigenvalue weighted by Gasteiger charge is 2.56. The summed E-state index contributed by atoms with van der Waals surface area (Å²) in [5.74, 6) is 0.198. The highest BCUT2D eigenvalue weighted by Crippen LogP contribution is 2.46. The van der Waals surface area contributed by atoms with Crippen LogP contribution in [0.1, 0.15) is 27.2 Å². The number of rotatable bonds is 1. The molecule has 2 N–H and O–H groups in total. The largest absolute Gasteiger partial charge is 0.465 e. The fourth-order valence-corrected chi connectivity index (χ4v) is 2.36. The van der Waals surface area contributed by atoms with Gasteiger partial charge in [-0.1, -0.05) is 12.2 Å². The van der Waals surface area contributed by atoms with Gasteiger partial charge in [-0.2, -0.15) is 0 Å². The highest BCUT2D eigenvalue weighted by molar-refractivity contribution is 5.71. The second-order valence-corrected chi connectivity index (χ2v) is 6.18. The topological polar surface area (TPSA) is 78.9 Å². The third-order valence-electron chi connectivity index (χ3n) is 3.32. The zero-order valence-corrected chi connectivity index (χ0v) is 11.5. The number of carbonyl (C=O) groups excluding carboxylic acids is 1. The van der Waals surface area contributed by atoms with Crippen molar-refractivity contribution in [1.82, 2.24) is 10.2 Å². The van der Waals surface area contributed by atoms with Crippen LogP contribution >= 0.6 is 0 Å². The molecule has 0 bridgehead atoms. The lowest BCUT2D eigenvalue weighted by molar-refractivity contribution is 0.0477. The SMILES string of the molecule is CC(C)(C)OC(=O)N[C@@]12C[C@@H]1C=CCN(C(=O)O)C2. The Morgan fingerprint density at radius 3 is 2.74 bits per heavy atom. The number of carboxylic acid groups (broad SMARTS) is 1. The van der Waals surface area contributed by atoms with Gasteiger partial charge in [0.25, 0.3) is 0 Å². The van der Waals surface area contributed by atoms with Crippen LogP contribution in [0.5, 0.6) is 0 Å². The van der Waals surface area contributed by atoms with E-state index in [0.29, 0.717) is 13.1 Å². The summed E-state index contributed by atoms with van der Waals surface area (Å²) in [6, 6.07) is 0. The zero-order valence-electron chi connectivity index (χ0n) is 11.5. The number of hydrogen-bond donors (Lipinski definition) is 2. The number of nitrogens with one attached hydrogen (secondary N) is 1. The number of ether oxygens (including phenoxy) is 1. The number of carbonyl (C=O) groups is 2. The first kappa shape index (κ1) is 13.7. The molecule has 1 aliphatic carbocycles. The van der Waals surface area contributed by atoms with Crippen LogP contribution in [0.15, 0.2) is 12.2 Å². The molecule has 0 radical (unpaired) electrons. The molecule has 1 saturated carbocycles. The average Bonchev–Trinajstić information content (AvgIpc) is 2.86. The van der Waals surface area contributed by atoms with E-state index >= 15 is 0 Å². The number of hydrogen-bond acceptors (Lipinski definition) is 3. The quantitative estimate of drug-likeness (QED) is 0.711. The van der Waals surface area contributed by atoms with Crippen LogP contribution in [0.2, 0.25) is 0 Å². The Morgan fingerprint density at radius 2 is 2.16 bits per heavy atom. The van der Waals surface area contributed by atoms with Crippen molar-refractivity contribution in [2.45, 2.75) is 38.3 Å². The molecule has 1 heterocycles. The fourth-order valence-electron chi connectivity index (χ4n) is 2.36. The third kappa shape index (κ3) is 3.19. The summed E-state index contributed by atoms with van der Waals surface area (Å²) in [6.45, 7) is 6.06. The normalized spacial score (nSPS) is 29.2. The van der Waals surface area contributed by atoms with E-state index in [9.17, 15) is 9.59 Å². The van der Waals surface area contributed by atoms with Gasteiger partial charge in [0.1, 0.15) is 5.60 Å². The van der Waals surface area contributed by atoms with Crippen molar-refractivity contribution in [3.8, 4) is 0 Å². The van der Waals surface area contributed by atoms with Crippen molar-refractivity contribution < 1.29 is 19.4 Å². The van der Waals surface area contributed by atoms with Crippen molar-refractivity contribution >= 4 is 12.2 Å². The first-order valence-corrected chi connectivity index (χ1v) is 6.38. The summed E-state index contributed by atoms with van der Waals surface area (Å²) in [5, 5.41) is 11.9. The van der Waals surface area contributed by atoms with E-state index in [1.54, 1.807) is 20.8 Å². The lowest BCUT2D eigenvalue weighted by Gasteiger charge is -2.26. The third-order valence-corrected chi connectivity index (χ3v) is 3.32. The molecule has 2 atom stereocenters. The smallest absolute Gasteiger partial charge is 0.408 e. The minimum atomic E-state index is -0.970. The first-order valence-electron chi connectivity index (χ1n) is 6.38. The fraction of sp³-hybridized carbons (Fsp3) is 0.692. The molecule has 1 aliphatic heterocycles. The maximum Gasteiger partial charge on any atom is 0.408 e. The van der Waals surface area contributed by atoms with E-state index in [1.165, 1.54) is 4.90 Å². The maximum atomic E-state index is 11.8. The molecule has 0 unspecified atom stereocenters. The average molecular weight is 268 g/mol. The molecule has 6 nitrogen and oxygen atoms in total. The van der Waals surface area contributed by atoms with Gasteiger partial charge in [-0.25, -0.2) is 9.59 Å². The Labute approximate surface area is 112 Å². The van der Waals surface area contributed by atoms with E-state index in [1.807, 2.05) is 12.2 Å². The van der Waals surface area contributed by atoms with Gasteiger partial charge in [-0.05, 0) is 27.2 Å². The Hall–Kier alpha value is -1.72. The van der Waals surface area contributed by atoms with Gasteiger partial charge in [0.15, 0.2) is 0 Å². The van der Waals surface area contributed by atoms with Gasteiger partial charge in [-0.15, -0.1) is 0 Å². The van der Waals surface area contributed by atoms with Crippen molar-refractivity contribution in [2.24, 2.45) is 5.92 Å². The number of alkyl carbamates (subject to hydrolysis) is 1. The molecular weight excluding hydrogens is 248 g/mol. The van der Waals surface area contributed by atoms with Crippen LogP contribution in [-0.2, 0) is 4.74 Å².